The van der Waals surface area contributed by atoms with E-state index in [9.17, 15) is 40.2 Å². The highest BCUT2D eigenvalue weighted by molar-refractivity contribution is 7.47. The van der Waals surface area contributed by atoms with Crippen LogP contribution >= 0.6 is 7.82 Å². The van der Waals surface area contributed by atoms with Crippen molar-refractivity contribution < 1.29 is 49.2 Å². The fraction of sp³-hybridized carbons (Fsp3) is 0.250. The van der Waals surface area contributed by atoms with Gasteiger partial charge in [0.05, 0.1) is 0 Å². The van der Waals surface area contributed by atoms with Gasteiger partial charge in [0.25, 0.3) is 0 Å². The summed E-state index contributed by atoms with van der Waals surface area (Å²) < 4.78 is 114. The Bertz CT molecular complexity index is 828. The molecular formula is C16H12F7O4P. The monoisotopic (exact) mass is 432 g/mol. The zero-order valence-electron chi connectivity index (χ0n) is 13.6. The lowest BCUT2D eigenvalue weighted by molar-refractivity contribution is -0.370. The van der Waals surface area contributed by atoms with Crippen LogP contribution in [0.2, 0.25) is 0 Å². The molecule has 2 aromatic rings. The summed E-state index contributed by atoms with van der Waals surface area (Å²) >= 11 is 0. The van der Waals surface area contributed by atoms with Gasteiger partial charge in [-0.05, 0) is 17.7 Å². The van der Waals surface area contributed by atoms with Crippen LogP contribution in [0, 0.1) is 0 Å². The Balaban J connectivity index is 2.45. The molecule has 0 radical (unpaired) electrons. The van der Waals surface area contributed by atoms with Gasteiger partial charge in [-0.2, -0.15) is 30.7 Å². The maximum atomic E-state index is 14.2. The van der Waals surface area contributed by atoms with Crippen LogP contribution < -0.4 is 4.52 Å². The maximum Gasteiger partial charge on any atom is 0.528 e. The third-order valence-corrected chi connectivity index (χ3v) is 4.33. The van der Waals surface area contributed by atoms with Gasteiger partial charge in [-0.25, -0.2) is 4.57 Å². The van der Waals surface area contributed by atoms with E-state index in [1.54, 1.807) is 0 Å². The van der Waals surface area contributed by atoms with Crippen molar-refractivity contribution in [3.63, 3.8) is 0 Å². The molecule has 0 aromatic heterocycles. The van der Waals surface area contributed by atoms with Crippen LogP contribution in [0.25, 0.3) is 0 Å². The molecule has 0 aliphatic carbocycles. The highest BCUT2D eigenvalue weighted by Gasteiger charge is 2.76. The minimum Gasteiger partial charge on any atom is -0.404 e. The van der Waals surface area contributed by atoms with E-state index in [-0.39, 0.29) is 5.75 Å². The van der Waals surface area contributed by atoms with Crippen molar-refractivity contribution in [1.29, 1.82) is 0 Å². The predicted molar refractivity (Wildman–Crippen MR) is 83.1 cm³/mol. The highest BCUT2D eigenvalue weighted by atomic mass is 31.2. The molecule has 154 valence electrons. The van der Waals surface area contributed by atoms with Gasteiger partial charge in [-0.1, -0.05) is 48.5 Å². The van der Waals surface area contributed by atoms with Gasteiger partial charge in [-0.3, -0.25) is 9.42 Å². The average Bonchev–Trinajstić information content (AvgIpc) is 2.60. The summed E-state index contributed by atoms with van der Waals surface area (Å²) in [5, 5.41) is 0. The molecule has 0 aliphatic rings. The standard InChI is InChI=1S/C16H12F7O4P/c17-14(18,15(19,20)16(21,22)23)13(11-7-3-1-4-8-11)27-28(24,25)26-12-9-5-2-6-10-12/h1-10,13H,(H,24,25)/t13-/m0/s1. The fourth-order valence-corrected chi connectivity index (χ4v) is 3.04. The van der Waals surface area contributed by atoms with Crippen LogP contribution in [-0.4, -0.2) is 22.9 Å². The molecule has 0 heterocycles. The molecule has 0 saturated heterocycles. The Kier molecular flexibility index (Phi) is 6.13. The first-order valence-electron chi connectivity index (χ1n) is 7.41. The largest absolute Gasteiger partial charge is 0.528 e. The van der Waals surface area contributed by atoms with E-state index in [4.69, 9.17) is 0 Å². The molecule has 0 saturated carbocycles. The molecule has 2 rings (SSSR count). The van der Waals surface area contributed by atoms with Crippen molar-refractivity contribution in [1.82, 2.24) is 0 Å². The van der Waals surface area contributed by atoms with Gasteiger partial charge in [0.2, 0.25) is 0 Å². The molecule has 2 atom stereocenters. The van der Waals surface area contributed by atoms with Crippen molar-refractivity contribution in [2.45, 2.75) is 24.1 Å². The summed E-state index contributed by atoms with van der Waals surface area (Å²) in [6, 6.07) is 11.2. The third-order valence-electron chi connectivity index (χ3n) is 3.41. The van der Waals surface area contributed by atoms with Crippen molar-refractivity contribution in [2.75, 3.05) is 0 Å². The molecule has 28 heavy (non-hydrogen) atoms. The van der Waals surface area contributed by atoms with Crippen molar-refractivity contribution in [2.24, 2.45) is 0 Å². The number of benzene rings is 2. The molecule has 0 fully saturated rings. The SMILES string of the molecule is O=P(O)(Oc1ccccc1)O[C@@H](c1ccccc1)C(F)(F)C(F)(F)C(F)(F)F. The summed E-state index contributed by atoms with van der Waals surface area (Å²) in [5.41, 5.74) is -0.887. The number of rotatable bonds is 7. The molecular weight excluding hydrogens is 420 g/mol. The lowest BCUT2D eigenvalue weighted by Gasteiger charge is -2.34. The fourth-order valence-electron chi connectivity index (χ4n) is 2.09. The number of alkyl halides is 7. The third kappa shape index (κ3) is 4.65. The average molecular weight is 432 g/mol. The molecule has 2 aromatic carbocycles. The molecule has 12 heteroatoms. The summed E-state index contributed by atoms with van der Waals surface area (Å²) in [4.78, 5) is 9.68. The second kappa shape index (κ2) is 7.73. The van der Waals surface area contributed by atoms with Gasteiger partial charge >= 0.3 is 25.8 Å². The van der Waals surface area contributed by atoms with Crippen LogP contribution in [0.4, 0.5) is 30.7 Å². The Morgan fingerprint density at radius 2 is 1.29 bits per heavy atom. The topological polar surface area (TPSA) is 55.8 Å². The van der Waals surface area contributed by atoms with Crippen molar-refractivity contribution >= 4 is 7.82 Å². The van der Waals surface area contributed by atoms with E-state index < -0.39 is 37.5 Å². The summed E-state index contributed by atoms with van der Waals surface area (Å²) in [7, 11) is -5.53. The highest BCUT2D eigenvalue weighted by Crippen LogP contribution is 2.58. The normalized spacial score (nSPS) is 16.3. The summed E-state index contributed by atoms with van der Waals surface area (Å²) in [6.45, 7) is 0. The smallest absolute Gasteiger partial charge is 0.404 e. The quantitative estimate of drug-likeness (QED) is 0.447. The maximum absolute atomic E-state index is 14.2. The first kappa shape index (κ1) is 22.2. The van der Waals surface area contributed by atoms with Crippen LogP contribution in [-0.2, 0) is 9.09 Å². The molecule has 0 aliphatic heterocycles. The number of hydrogen-bond acceptors (Lipinski definition) is 3. The first-order chi connectivity index (χ1) is 12.8. The van der Waals surface area contributed by atoms with Crippen LogP contribution in [0.5, 0.6) is 5.75 Å². The van der Waals surface area contributed by atoms with Gasteiger partial charge in [-0.15, -0.1) is 0 Å². The van der Waals surface area contributed by atoms with Gasteiger partial charge < -0.3 is 4.52 Å². The zero-order chi connectivity index (χ0) is 21.2. The number of phosphoric acid groups is 1. The summed E-state index contributed by atoms with van der Waals surface area (Å²) in [5.74, 6) is -12.9. The van der Waals surface area contributed by atoms with E-state index >= 15 is 0 Å². The van der Waals surface area contributed by atoms with Crippen molar-refractivity contribution in [3.05, 3.63) is 66.2 Å². The second-order valence-corrected chi connectivity index (χ2v) is 6.79. The van der Waals surface area contributed by atoms with E-state index in [0.29, 0.717) is 0 Å². The van der Waals surface area contributed by atoms with E-state index in [2.05, 4.69) is 9.05 Å². The minimum atomic E-state index is -6.65. The Morgan fingerprint density at radius 3 is 1.75 bits per heavy atom. The number of hydrogen-bond donors (Lipinski definition) is 1. The Labute approximate surface area is 154 Å². The first-order valence-corrected chi connectivity index (χ1v) is 8.90. The van der Waals surface area contributed by atoms with Crippen LogP contribution in [0.3, 0.4) is 0 Å². The van der Waals surface area contributed by atoms with Crippen molar-refractivity contribution in [3.8, 4) is 5.75 Å². The Morgan fingerprint density at radius 1 is 0.821 bits per heavy atom. The van der Waals surface area contributed by atoms with E-state index in [0.717, 1.165) is 36.4 Å². The minimum absolute atomic E-state index is 0.356. The molecule has 0 bridgehead atoms. The second-order valence-electron chi connectivity index (χ2n) is 5.46. The van der Waals surface area contributed by atoms with Crippen LogP contribution in [0.1, 0.15) is 11.7 Å². The summed E-state index contributed by atoms with van der Waals surface area (Å²) in [6.07, 6.45) is -10.1. The Hall–Kier alpha value is -2.10. The molecule has 0 amide bonds. The molecule has 1 unspecified atom stereocenters. The molecule has 0 spiro atoms. The van der Waals surface area contributed by atoms with Gasteiger partial charge in [0.15, 0.2) is 6.10 Å². The number of para-hydroxylation sites is 1. The lowest BCUT2D eigenvalue weighted by atomic mass is 9.98. The van der Waals surface area contributed by atoms with Gasteiger partial charge in [0.1, 0.15) is 5.75 Å². The molecule has 1 N–H and O–H groups in total. The van der Waals surface area contributed by atoms with Gasteiger partial charge in [0, 0.05) is 0 Å². The zero-order valence-corrected chi connectivity index (χ0v) is 14.5. The predicted octanol–water partition coefficient (Wildman–Crippen LogP) is 5.76. The molecule has 4 nitrogen and oxygen atoms in total. The van der Waals surface area contributed by atoms with Crippen LogP contribution in [0.15, 0.2) is 60.7 Å². The number of phosphoric ester groups is 1. The van der Waals surface area contributed by atoms with E-state index in [1.165, 1.54) is 24.3 Å². The lowest BCUT2D eigenvalue weighted by Crippen LogP contribution is -2.55. The van der Waals surface area contributed by atoms with E-state index in [1.807, 2.05) is 0 Å². The number of halogens is 7.